The molecule has 1 unspecified atom stereocenters. The number of benzene rings is 1. The third-order valence-electron chi connectivity index (χ3n) is 4.26. The molecule has 1 aliphatic rings. The Balaban J connectivity index is 1.94. The van der Waals surface area contributed by atoms with Crippen LogP contribution in [0.1, 0.15) is 37.3 Å². The van der Waals surface area contributed by atoms with E-state index < -0.39 is 0 Å². The maximum absolute atomic E-state index is 13.1. The number of likely N-dealkylation sites (N-methyl/N-ethyl adjacent to an activating group) is 1. The number of hydrogen-bond acceptors (Lipinski definition) is 2. The van der Waals surface area contributed by atoms with Gasteiger partial charge >= 0.3 is 0 Å². The highest BCUT2D eigenvalue weighted by Crippen LogP contribution is 2.19. The standard InChI is InChI=1S/C17H27FN4/c1-19-17(21-15-6-4-5-7-15)20-12-16(22(2)3)13-8-10-14(18)11-9-13/h8-11,15-16H,4-7,12H2,1-3H3,(H2,19,20,21). The predicted octanol–water partition coefficient (Wildman–Crippen LogP) is 2.54. The summed E-state index contributed by atoms with van der Waals surface area (Å²) in [5.74, 6) is 0.647. The van der Waals surface area contributed by atoms with Gasteiger partial charge in [-0.1, -0.05) is 25.0 Å². The number of guanidine groups is 1. The number of halogens is 1. The SMILES string of the molecule is CN=C(NCC(c1ccc(F)cc1)N(C)C)NC1CCCC1. The van der Waals surface area contributed by atoms with Crippen LogP contribution in [0.4, 0.5) is 4.39 Å². The van der Waals surface area contributed by atoms with Crippen molar-refractivity contribution in [1.29, 1.82) is 0 Å². The van der Waals surface area contributed by atoms with Crippen LogP contribution in [-0.2, 0) is 0 Å². The van der Waals surface area contributed by atoms with Crippen LogP contribution in [0, 0.1) is 5.82 Å². The summed E-state index contributed by atoms with van der Waals surface area (Å²) in [5.41, 5.74) is 1.09. The second-order valence-corrected chi connectivity index (χ2v) is 6.11. The van der Waals surface area contributed by atoms with E-state index in [-0.39, 0.29) is 11.9 Å². The van der Waals surface area contributed by atoms with Crippen LogP contribution in [0.3, 0.4) is 0 Å². The molecule has 0 radical (unpaired) electrons. The van der Waals surface area contributed by atoms with E-state index in [1.807, 2.05) is 26.2 Å². The summed E-state index contributed by atoms with van der Waals surface area (Å²) in [6.07, 6.45) is 5.03. The lowest BCUT2D eigenvalue weighted by atomic mass is 10.1. The van der Waals surface area contributed by atoms with Gasteiger partial charge in [0.1, 0.15) is 5.82 Å². The van der Waals surface area contributed by atoms with Crippen molar-refractivity contribution < 1.29 is 4.39 Å². The van der Waals surface area contributed by atoms with E-state index >= 15 is 0 Å². The number of rotatable bonds is 5. The zero-order valence-electron chi connectivity index (χ0n) is 13.8. The van der Waals surface area contributed by atoms with Gasteiger partial charge in [-0.05, 0) is 44.6 Å². The van der Waals surface area contributed by atoms with Crippen LogP contribution in [0.2, 0.25) is 0 Å². The van der Waals surface area contributed by atoms with Gasteiger partial charge < -0.3 is 15.5 Å². The molecule has 0 heterocycles. The van der Waals surface area contributed by atoms with Crippen molar-refractivity contribution in [3.8, 4) is 0 Å². The Hall–Kier alpha value is -1.62. The largest absolute Gasteiger partial charge is 0.354 e. The zero-order chi connectivity index (χ0) is 15.9. The van der Waals surface area contributed by atoms with E-state index in [1.165, 1.54) is 37.8 Å². The maximum Gasteiger partial charge on any atom is 0.191 e. The van der Waals surface area contributed by atoms with Crippen molar-refractivity contribution >= 4 is 5.96 Å². The monoisotopic (exact) mass is 306 g/mol. The molecule has 1 aliphatic carbocycles. The van der Waals surface area contributed by atoms with Crippen molar-refractivity contribution in [2.45, 2.75) is 37.8 Å². The Kier molecular flexibility index (Phi) is 6.19. The number of aliphatic imine (C=N–C) groups is 1. The Morgan fingerprint density at radius 3 is 2.45 bits per heavy atom. The molecular formula is C17H27FN4. The molecular weight excluding hydrogens is 279 g/mol. The van der Waals surface area contributed by atoms with E-state index in [1.54, 1.807) is 7.05 Å². The Morgan fingerprint density at radius 2 is 1.91 bits per heavy atom. The third-order valence-corrected chi connectivity index (χ3v) is 4.26. The van der Waals surface area contributed by atoms with Crippen molar-refractivity contribution in [3.63, 3.8) is 0 Å². The molecule has 0 aliphatic heterocycles. The fourth-order valence-electron chi connectivity index (χ4n) is 2.93. The van der Waals surface area contributed by atoms with Gasteiger partial charge in [-0.3, -0.25) is 4.99 Å². The average molecular weight is 306 g/mol. The van der Waals surface area contributed by atoms with Crippen LogP contribution in [0.5, 0.6) is 0 Å². The summed E-state index contributed by atoms with van der Waals surface area (Å²) in [6.45, 7) is 0.727. The zero-order valence-corrected chi connectivity index (χ0v) is 13.8. The first kappa shape index (κ1) is 16.7. The van der Waals surface area contributed by atoms with Gasteiger partial charge in [-0.2, -0.15) is 0 Å². The normalized spacial score (nSPS) is 17.8. The van der Waals surface area contributed by atoms with E-state index in [0.717, 1.165) is 18.1 Å². The molecule has 4 nitrogen and oxygen atoms in total. The van der Waals surface area contributed by atoms with Crippen molar-refractivity contribution in [1.82, 2.24) is 15.5 Å². The van der Waals surface area contributed by atoms with E-state index in [9.17, 15) is 4.39 Å². The van der Waals surface area contributed by atoms with E-state index in [4.69, 9.17) is 0 Å². The van der Waals surface area contributed by atoms with Crippen LogP contribution >= 0.6 is 0 Å². The predicted molar refractivity (Wildman–Crippen MR) is 89.6 cm³/mol. The topological polar surface area (TPSA) is 39.7 Å². The summed E-state index contributed by atoms with van der Waals surface area (Å²) in [6, 6.07) is 7.41. The van der Waals surface area contributed by atoms with Gasteiger partial charge in [0.15, 0.2) is 5.96 Å². The van der Waals surface area contributed by atoms with Crippen molar-refractivity contribution in [3.05, 3.63) is 35.6 Å². The minimum Gasteiger partial charge on any atom is -0.354 e. The molecule has 1 fully saturated rings. The third kappa shape index (κ3) is 4.70. The van der Waals surface area contributed by atoms with Gasteiger partial charge in [0.05, 0.1) is 6.04 Å². The lowest BCUT2D eigenvalue weighted by Gasteiger charge is -2.26. The van der Waals surface area contributed by atoms with E-state index in [0.29, 0.717) is 6.04 Å². The summed E-state index contributed by atoms with van der Waals surface area (Å²) in [4.78, 5) is 6.43. The molecule has 0 amide bonds. The quantitative estimate of drug-likeness (QED) is 0.649. The highest BCUT2D eigenvalue weighted by molar-refractivity contribution is 5.80. The average Bonchev–Trinajstić information content (AvgIpc) is 3.00. The highest BCUT2D eigenvalue weighted by atomic mass is 19.1. The molecule has 2 N–H and O–H groups in total. The molecule has 1 aromatic rings. The molecule has 0 bridgehead atoms. The molecule has 122 valence electrons. The van der Waals surface area contributed by atoms with Crippen molar-refractivity contribution in [2.75, 3.05) is 27.7 Å². The minimum absolute atomic E-state index is 0.169. The molecule has 1 aromatic carbocycles. The van der Waals surface area contributed by atoms with E-state index in [2.05, 4.69) is 20.5 Å². The first-order valence-electron chi connectivity index (χ1n) is 7.99. The van der Waals surface area contributed by atoms with Crippen LogP contribution in [-0.4, -0.2) is 44.6 Å². The Morgan fingerprint density at radius 1 is 1.27 bits per heavy atom. The highest BCUT2D eigenvalue weighted by Gasteiger charge is 2.18. The number of nitrogens with zero attached hydrogens (tertiary/aromatic N) is 2. The van der Waals surface area contributed by atoms with Gasteiger partial charge in [0, 0.05) is 19.6 Å². The molecule has 5 heteroatoms. The molecule has 1 saturated carbocycles. The maximum atomic E-state index is 13.1. The lowest BCUT2D eigenvalue weighted by Crippen LogP contribution is -2.45. The summed E-state index contributed by atoms with van der Waals surface area (Å²) < 4.78 is 13.1. The molecule has 22 heavy (non-hydrogen) atoms. The molecule has 2 rings (SSSR count). The number of hydrogen-bond donors (Lipinski definition) is 2. The Bertz CT molecular complexity index is 478. The van der Waals surface area contributed by atoms with Gasteiger partial charge in [-0.15, -0.1) is 0 Å². The molecule has 0 aromatic heterocycles. The van der Waals surface area contributed by atoms with Crippen LogP contribution < -0.4 is 10.6 Å². The summed E-state index contributed by atoms with van der Waals surface area (Å²) in [7, 11) is 5.86. The van der Waals surface area contributed by atoms with Crippen LogP contribution in [0.15, 0.2) is 29.3 Å². The molecule has 0 spiro atoms. The van der Waals surface area contributed by atoms with Crippen LogP contribution in [0.25, 0.3) is 0 Å². The Labute approximate surface area is 132 Å². The fraction of sp³-hybridized carbons (Fsp3) is 0.588. The fourth-order valence-corrected chi connectivity index (χ4v) is 2.93. The second-order valence-electron chi connectivity index (χ2n) is 6.11. The second kappa shape index (κ2) is 8.13. The van der Waals surface area contributed by atoms with Crippen molar-refractivity contribution in [2.24, 2.45) is 4.99 Å². The number of nitrogens with one attached hydrogen (secondary N) is 2. The van der Waals surface area contributed by atoms with Gasteiger partial charge in [0.25, 0.3) is 0 Å². The smallest absolute Gasteiger partial charge is 0.191 e. The first-order chi connectivity index (χ1) is 10.6. The molecule has 1 atom stereocenters. The lowest BCUT2D eigenvalue weighted by molar-refractivity contribution is 0.297. The first-order valence-corrected chi connectivity index (χ1v) is 7.99. The van der Waals surface area contributed by atoms with Gasteiger partial charge in [0.2, 0.25) is 0 Å². The molecule has 0 saturated heterocycles. The minimum atomic E-state index is -0.201. The summed E-state index contributed by atoms with van der Waals surface area (Å²) in [5, 5.41) is 6.88. The summed E-state index contributed by atoms with van der Waals surface area (Å²) >= 11 is 0. The van der Waals surface area contributed by atoms with Gasteiger partial charge in [-0.25, -0.2) is 4.39 Å².